The van der Waals surface area contributed by atoms with E-state index < -0.39 is 0 Å². The Morgan fingerprint density at radius 2 is 2.19 bits per heavy atom. The Hall–Kier alpha value is -1.97. The molecule has 0 atom stereocenters. The van der Waals surface area contributed by atoms with Crippen molar-refractivity contribution in [1.82, 2.24) is 0 Å². The maximum atomic E-state index is 11.4. The number of carbonyl (C=O) groups is 1. The van der Waals surface area contributed by atoms with Gasteiger partial charge in [0.2, 0.25) is 0 Å². The van der Waals surface area contributed by atoms with Gasteiger partial charge in [-0.3, -0.25) is 4.79 Å². The van der Waals surface area contributed by atoms with E-state index in [0.29, 0.717) is 18.0 Å². The fourth-order valence-electron chi connectivity index (χ4n) is 1.21. The van der Waals surface area contributed by atoms with Gasteiger partial charge in [-0.25, -0.2) is 0 Å². The quantitative estimate of drug-likeness (QED) is 0.606. The van der Waals surface area contributed by atoms with Crippen LogP contribution in [0.4, 0.5) is 5.69 Å². The van der Waals surface area contributed by atoms with Crippen molar-refractivity contribution in [3.8, 4) is 5.75 Å². The van der Waals surface area contributed by atoms with Gasteiger partial charge >= 0.3 is 0 Å². The molecule has 1 aromatic carbocycles. The molecule has 0 aromatic heterocycles. The molecule has 0 aliphatic heterocycles. The van der Waals surface area contributed by atoms with E-state index in [1.165, 1.54) is 6.92 Å². The number of rotatable bonds is 4. The standard InChI is InChI=1S/C12H15NO3/c1-3-16-11-7-5-4-6-10(11)13-12(15)8-9(2)14/h4-8,14H,3H2,1-2H3,(H,13,15)/b9-8-. The molecule has 0 saturated carbocycles. The number of aliphatic hydroxyl groups excluding tert-OH is 1. The molecule has 2 N–H and O–H groups in total. The number of amides is 1. The molecule has 0 spiro atoms. The van der Waals surface area contributed by atoms with E-state index in [1.807, 2.05) is 13.0 Å². The van der Waals surface area contributed by atoms with Gasteiger partial charge < -0.3 is 15.2 Å². The molecule has 0 aliphatic carbocycles. The monoisotopic (exact) mass is 221 g/mol. The number of para-hydroxylation sites is 2. The Morgan fingerprint density at radius 1 is 1.50 bits per heavy atom. The lowest BCUT2D eigenvalue weighted by molar-refractivity contribution is -0.112. The van der Waals surface area contributed by atoms with E-state index in [-0.39, 0.29) is 11.7 Å². The van der Waals surface area contributed by atoms with Gasteiger partial charge in [-0.1, -0.05) is 12.1 Å². The van der Waals surface area contributed by atoms with Crippen molar-refractivity contribution in [2.45, 2.75) is 13.8 Å². The Kier molecular flexibility index (Phi) is 4.39. The van der Waals surface area contributed by atoms with Crippen molar-refractivity contribution in [3.63, 3.8) is 0 Å². The zero-order chi connectivity index (χ0) is 12.0. The SMILES string of the molecule is CCOc1ccccc1NC(=O)/C=C(/C)O. The highest BCUT2D eigenvalue weighted by atomic mass is 16.5. The van der Waals surface area contributed by atoms with E-state index in [2.05, 4.69) is 5.32 Å². The van der Waals surface area contributed by atoms with Gasteiger partial charge in [0.05, 0.1) is 18.1 Å². The normalized spacial score (nSPS) is 11.0. The van der Waals surface area contributed by atoms with E-state index in [9.17, 15) is 4.79 Å². The first-order valence-electron chi connectivity index (χ1n) is 5.03. The number of hydrogen-bond donors (Lipinski definition) is 2. The second kappa shape index (κ2) is 5.80. The number of benzene rings is 1. The molecule has 0 unspecified atom stereocenters. The van der Waals surface area contributed by atoms with Gasteiger partial charge in [0.1, 0.15) is 5.75 Å². The zero-order valence-corrected chi connectivity index (χ0v) is 9.36. The van der Waals surface area contributed by atoms with Gasteiger partial charge in [0.15, 0.2) is 0 Å². The van der Waals surface area contributed by atoms with Gasteiger partial charge in [-0.15, -0.1) is 0 Å². The van der Waals surface area contributed by atoms with Crippen LogP contribution in [0.2, 0.25) is 0 Å². The molecule has 1 rings (SSSR count). The summed E-state index contributed by atoms with van der Waals surface area (Å²) in [5.41, 5.74) is 0.590. The Bertz CT molecular complexity index is 395. The largest absolute Gasteiger partial charge is 0.512 e. The van der Waals surface area contributed by atoms with Gasteiger partial charge in [0, 0.05) is 6.08 Å². The summed E-state index contributed by atoms with van der Waals surface area (Å²) in [6, 6.07) is 7.14. The predicted molar refractivity (Wildman–Crippen MR) is 62.6 cm³/mol. The molecule has 86 valence electrons. The minimum absolute atomic E-state index is 0.0357. The van der Waals surface area contributed by atoms with Gasteiger partial charge in [0.25, 0.3) is 5.91 Å². The van der Waals surface area contributed by atoms with Crippen LogP contribution in [-0.2, 0) is 4.79 Å². The molecule has 0 saturated heterocycles. The summed E-state index contributed by atoms with van der Waals surface area (Å²) >= 11 is 0. The van der Waals surface area contributed by atoms with Gasteiger partial charge in [-0.2, -0.15) is 0 Å². The summed E-state index contributed by atoms with van der Waals surface area (Å²) in [6.07, 6.45) is 1.11. The molecule has 0 fully saturated rings. The first kappa shape index (κ1) is 12.1. The maximum absolute atomic E-state index is 11.4. The zero-order valence-electron chi connectivity index (χ0n) is 9.36. The van der Waals surface area contributed by atoms with E-state index >= 15 is 0 Å². The summed E-state index contributed by atoms with van der Waals surface area (Å²) in [4.78, 5) is 11.4. The van der Waals surface area contributed by atoms with Crippen LogP contribution in [0.3, 0.4) is 0 Å². The molecular formula is C12H15NO3. The Labute approximate surface area is 94.6 Å². The lowest BCUT2D eigenvalue weighted by Gasteiger charge is -2.09. The van der Waals surface area contributed by atoms with Gasteiger partial charge in [-0.05, 0) is 26.0 Å². The average molecular weight is 221 g/mol. The minimum atomic E-state index is -0.382. The summed E-state index contributed by atoms with van der Waals surface area (Å²) in [7, 11) is 0. The lowest BCUT2D eigenvalue weighted by Crippen LogP contribution is -2.10. The first-order chi connectivity index (χ1) is 7.63. The summed E-state index contributed by atoms with van der Waals surface area (Å²) in [5.74, 6) is 0.195. The fourth-order valence-corrected chi connectivity index (χ4v) is 1.21. The number of hydrogen-bond acceptors (Lipinski definition) is 3. The molecule has 0 radical (unpaired) electrons. The van der Waals surface area contributed by atoms with Crippen LogP contribution in [0.1, 0.15) is 13.8 Å². The van der Waals surface area contributed by atoms with E-state index in [0.717, 1.165) is 6.08 Å². The summed E-state index contributed by atoms with van der Waals surface area (Å²) < 4.78 is 5.34. The van der Waals surface area contributed by atoms with Crippen molar-refractivity contribution < 1.29 is 14.6 Å². The topological polar surface area (TPSA) is 58.6 Å². The van der Waals surface area contributed by atoms with Crippen molar-refractivity contribution in [2.24, 2.45) is 0 Å². The van der Waals surface area contributed by atoms with Crippen LogP contribution >= 0.6 is 0 Å². The first-order valence-corrected chi connectivity index (χ1v) is 5.03. The molecule has 0 heterocycles. The van der Waals surface area contributed by atoms with Crippen LogP contribution in [0.15, 0.2) is 36.1 Å². The highest BCUT2D eigenvalue weighted by molar-refractivity contribution is 6.00. The molecule has 4 heteroatoms. The summed E-state index contributed by atoms with van der Waals surface area (Å²) in [6.45, 7) is 3.84. The number of carbonyl (C=O) groups excluding carboxylic acids is 1. The number of ether oxygens (including phenoxy) is 1. The molecule has 1 aromatic rings. The number of anilines is 1. The van der Waals surface area contributed by atoms with Crippen molar-refractivity contribution >= 4 is 11.6 Å². The van der Waals surface area contributed by atoms with Crippen molar-refractivity contribution in [1.29, 1.82) is 0 Å². The Morgan fingerprint density at radius 3 is 2.81 bits per heavy atom. The average Bonchev–Trinajstić information content (AvgIpc) is 2.20. The lowest BCUT2D eigenvalue weighted by atomic mass is 10.3. The van der Waals surface area contributed by atoms with Crippen LogP contribution in [0.25, 0.3) is 0 Å². The van der Waals surface area contributed by atoms with Crippen LogP contribution in [0.5, 0.6) is 5.75 Å². The highest BCUT2D eigenvalue weighted by Crippen LogP contribution is 2.23. The molecule has 4 nitrogen and oxygen atoms in total. The number of aliphatic hydroxyl groups is 1. The molecule has 16 heavy (non-hydrogen) atoms. The van der Waals surface area contributed by atoms with Crippen molar-refractivity contribution in [3.05, 3.63) is 36.1 Å². The molecule has 0 aliphatic rings. The molecular weight excluding hydrogens is 206 g/mol. The maximum Gasteiger partial charge on any atom is 0.251 e. The Balaban J connectivity index is 2.80. The third kappa shape index (κ3) is 3.65. The molecule has 0 bridgehead atoms. The minimum Gasteiger partial charge on any atom is -0.512 e. The number of allylic oxidation sites excluding steroid dienone is 1. The third-order valence-electron chi connectivity index (χ3n) is 1.78. The molecule has 1 amide bonds. The van der Waals surface area contributed by atoms with Crippen LogP contribution < -0.4 is 10.1 Å². The predicted octanol–water partition coefficient (Wildman–Crippen LogP) is 2.49. The van der Waals surface area contributed by atoms with E-state index in [1.54, 1.807) is 18.2 Å². The van der Waals surface area contributed by atoms with Crippen molar-refractivity contribution in [2.75, 3.05) is 11.9 Å². The highest BCUT2D eigenvalue weighted by Gasteiger charge is 2.04. The smallest absolute Gasteiger partial charge is 0.251 e. The van der Waals surface area contributed by atoms with E-state index in [4.69, 9.17) is 9.84 Å². The number of nitrogens with one attached hydrogen (secondary N) is 1. The third-order valence-corrected chi connectivity index (χ3v) is 1.78. The second-order valence-corrected chi connectivity index (χ2v) is 3.20. The fraction of sp³-hybridized carbons (Fsp3) is 0.250. The summed E-state index contributed by atoms with van der Waals surface area (Å²) in [5, 5.41) is 11.6. The second-order valence-electron chi connectivity index (χ2n) is 3.20. The van der Waals surface area contributed by atoms with Crippen LogP contribution in [-0.4, -0.2) is 17.6 Å². The van der Waals surface area contributed by atoms with Crippen LogP contribution in [0, 0.1) is 0 Å².